The number of rotatable bonds is 0. The molecule has 0 aromatic carbocycles. The first-order valence-corrected chi connectivity index (χ1v) is 5.36. The van der Waals surface area contributed by atoms with Crippen molar-refractivity contribution in [2.75, 3.05) is 0 Å². The summed E-state index contributed by atoms with van der Waals surface area (Å²) >= 11 is 0. The van der Waals surface area contributed by atoms with Crippen molar-refractivity contribution in [2.45, 2.75) is 17.3 Å². The smallest absolute Gasteiger partial charge is 0.279 e. The van der Waals surface area contributed by atoms with E-state index in [2.05, 4.69) is 0 Å². The number of alkyl halides is 9. The van der Waals surface area contributed by atoms with E-state index >= 15 is 0 Å². The van der Waals surface area contributed by atoms with Gasteiger partial charge in [-0.3, -0.25) is 4.55 Å². The van der Waals surface area contributed by atoms with E-state index in [1.165, 1.54) is 0 Å². The molecule has 0 radical (unpaired) electrons. The third kappa shape index (κ3) is 13.6. The van der Waals surface area contributed by atoms with Crippen LogP contribution in [0.5, 0.6) is 0 Å². The highest BCUT2D eigenvalue weighted by Crippen LogP contribution is 2.49. The minimum atomic E-state index is -5.84. The molecule has 14 heteroatoms. The van der Waals surface area contributed by atoms with Gasteiger partial charge in [-0.1, -0.05) is 0 Å². The molecule has 1 N–H and O–H groups in total. The molecule has 0 aliphatic rings. The molecule has 0 aliphatic heterocycles. The average molecular weight is 320 g/mol. The zero-order valence-corrected chi connectivity index (χ0v) is 8.89. The third-order valence-corrected chi connectivity index (χ3v) is 1.73. The summed E-state index contributed by atoms with van der Waals surface area (Å²) in [5.74, 6) is -10.2. The van der Waals surface area contributed by atoms with Gasteiger partial charge in [0.15, 0.2) is 0 Å². The summed E-state index contributed by atoms with van der Waals surface area (Å²) in [6.45, 7) is 0. The van der Waals surface area contributed by atoms with Crippen molar-refractivity contribution in [1.29, 1.82) is 0 Å². The van der Waals surface area contributed by atoms with Crippen LogP contribution in [0, 0.1) is 0 Å². The zero-order chi connectivity index (χ0) is 14.7. The maximum Gasteiger partial charge on any atom is 0.522 e. The Morgan fingerprint density at radius 3 is 0.941 bits per heavy atom. The van der Waals surface area contributed by atoms with Crippen LogP contribution in [0.25, 0.3) is 0 Å². The first-order chi connectivity index (χ1) is 6.96. The molecule has 0 saturated heterocycles. The Labute approximate surface area is 89.5 Å². The van der Waals surface area contributed by atoms with E-state index in [4.69, 9.17) is 13.0 Å². The molecule has 0 spiro atoms. The Bertz CT molecular complexity index is 311. The molecule has 0 unspecified atom stereocenters. The van der Waals surface area contributed by atoms with Gasteiger partial charge >= 0.3 is 27.5 Å². The average Bonchev–Trinajstić information content (AvgIpc) is 1.71. The van der Waals surface area contributed by atoms with Gasteiger partial charge in [-0.05, 0) is 0 Å². The second-order valence-corrected chi connectivity index (χ2v) is 4.84. The van der Waals surface area contributed by atoms with Gasteiger partial charge < -0.3 is 0 Å². The summed E-state index contributed by atoms with van der Waals surface area (Å²) < 4.78 is 123. The van der Waals surface area contributed by atoms with Gasteiger partial charge in [0.25, 0.3) is 0 Å². The van der Waals surface area contributed by atoms with E-state index in [1.807, 2.05) is 0 Å². The van der Waals surface area contributed by atoms with E-state index in [9.17, 15) is 39.5 Å². The van der Waals surface area contributed by atoms with E-state index in [0.717, 1.165) is 0 Å². The van der Waals surface area contributed by atoms with Crippen LogP contribution in [0.4, 0.5) is 39.5 Å². The standard InChI is InChI=1S/C2HF6P.CHF3O3S/c3-1(4,5)9-2(6,7)8;2-1(3,4)8(5,6)7/h9H;(H,5,6,7). The molecule has 0 atom stereocenters. The Kier molecular flexibility index (Phi) is 6.24. The molecule has 0 heterocycles. The molecule has 0 bridgehead atoms. The summed E-state index contributed by atoms with van der Waals surface area (Å²) in [7, 11) is -8.79. The molecular formula is C3H2F9O3PS. The molecule has 0 aliphatic carbocycles. The van der Waals surface area contributed by atoms with Crippen LogP contribution in [0.2, 0.25) is 0 Å². The van der Waals surface area contributed by atoms with Crippen LogP contribution >= 0.6 is 8.58 Å². The number of halogens is 9. The van der Waals surface area contributed by atoms with E-state index in [0.29, 0.717) is 0 Å². The first kappa shape index (κ1) is 19.1. The fourth-order valence-electron chi connectivity index (χ4n) is 0.161. The van der Waals surface area contributed by atoms with E-state index in [1.54, 1.807) is 0 Å². The molecule has 106 valence electrons. The van der Waals surface area contributed by atoms with Crippen LogP contribution in [-0.4, -0.2) is 30.3 Å². The fourth-order valence-corrected chi connectivity index (χ4v) is 0.482. The lowest BCUT2D eigenvalue weighted by atomic mass is 11.5. The van der Waals surface area contributed by atoms with Gasteiger partial charge in [-0.2, -0.15) is 47.9 Å². The summed E-state index contributed by atoms with van der Waals surface area (Å²) in [6.07, 6.45) is 0. The second-order valence-electron chi connectivity index (χ2n) is 2.04. The summed E-state index contributed by atoms with van der Waals surface area (Å²) in [5, 5.41) is 0. The lowest BCUT2D eigenvalue weighted by Gasteiger charge is -2.07. The summed E-state index contributed by atoms with van der Waals surface area (Å²) in [6, 6.07) is 0. The lowest BCUT2D eigenvalue weighted by molar-refractivity contribution is -0.0775. The van der Waals surface area contributed by atoms with Crippen LogP contribution in [0.15, 0.2) is 0 Å². The minimum Gasteiger partial charge on any atom is -0.279 e. The zero-order valence-electron chi connectivity index (χ0n) is 7.07. The van der Waals surface area contributed by atoms with Crippen molar-refractivity contribution in [3.05, 3.63) is 0 Å². The van der Waals surface area contributed by atoms with Gasteiger partial charge in [0.1, 0.15) is 8.58 Å². The van der Waals surface area contributed by atoms with Crippen LogP contribution in [0.3, 0.4) is 0 Å². The second kappa shape index (κ2) is 5.57. The number of hydrogen-bond acceptors (Lipinski definition) is 2. The predicted molar refractivity (Wildman–Crippen MR) is 38.0 cm³/mol. The van der Waals surface area contributed by atoms with Crippen LogP contribution in [0.1, 0.15) is 0 Å². The van der Waals surface area contributed by atoms with Crippen molar-refractivity contribution >= 4 is 18.7 Å². The highest BCUT2D eigenvalue weighted by atomic mass is 32.2. The van der Waals surface area contributed by atoms with Gasteiger partial charge in [-0.15, -0.1) is 0 Å². The first-order valence-electron chi connectivity index (χ1n) is 2.92. The molecule has 0 rings (SSSR count). The summed E-state index contributed by atoms with van der Waals surface area (Å²) in [4.78, 5) is 0. The Morgan fingerprint density at radius 2 is 0.941 bits per heavy atom. The van der Waals surface area contributed by atoms with Gasteiger partial charge in [0.05, 0.1) is 0 Å². The van der Waals surface area contributed by atoms with Crippen molar-refractivity contribution in [2.24, 2.45) is 0 Å². The summed E-state index contributed by atoms with van der Waals surface area (Å²) in [5.41, 5.74) is -5.53. The molecule has 3 nitrogen and oxygen atoms in total. The van der Waals surface area contributed by atoms with Gasteiger partial charge in [0, 0.05) is 0 Å². The lowest BCUT2D eigenvalue weighted by Crippen LogP contribution is -2.21. The molecular weight excluding hydrogens is 318 g/mol. The highest BCUT2D eigenvalue weighted by molar-refractivity contribution is 7.86. The SMILES string of the molecule is FC(F)(F)PC(F)(F)F.O=S(=O)(O)C(F)(F)F. The Hall–Kier alpha value is -0.290. The third-order valence-electron chi connectivity index (χ3n) is 0.576. The molecule has 0 saturated carbocycles. The van der Waals surface area contributed by atoms with Gasteiger partial charge in [-0.25, -0.2) is 0 Å². The van der Waals surface area contributed by atoms with Crippen molar-refractivity contribution < 1.29 is 52.5 Å². The van der Waals surface area contributed by atoms with E-state index in [-0.39, 0.29) is 0 Å². The Morgan fingerprint density at radius 1 is 0.765 bits per heavy atom. The van der Waals surface area contributed by atoms with Crippen molar-refractivity contribution in [3.8, 4) is 0 Å². The van der Waals surface area contributed by atoms with E-state index < -0.39 is 36.0 Å². The van der Waals surface area contributed by atoms with Crippen molar-refractivity contribution in [1.82, 2.24) is 0 Å². The quantitative estimate of drug-likeness (QED) is 0.323. The highest BCUT2D eigenvalue weighted by Gasteiger charge is 2.44. The normalized spacial score (nSPS) is 14.0. The monoisotopic (exact) mass is 320 g/mol. The topological polar surface area (TPSA) is 54.4 Å². The predicted octanol–water partition coefficient (Wildman–Crippen LogP) is 3.10. The minimum absolute atomic E-state index is 2.95. The fraction of sp³-hybridized carbons (Fsp3) is 1.00. The van der Waals surface area contributed by atoms with Crippen molar-refractivity contribution in [3.63, 3.8) is 0 Å². The number of hydrogen-bond donors (Lipinski definition) is 1. The largest absolute Gasteiger partial charge is 0.522 e. The Balaban J connectivity index is 0. The molecule has 0 fully saturated rings. The maximum atomic E-state index is 10.8. The van der Waals surface area contributed by atoms with Crippen LogP contribution in [-0.2, 0) is 10.1 Å². The van der Waals surface area contributed by atoms with Crippen LogP contribution < -0.4 is 0 Å². The molecule has 17 heavy (non-hydrogen) atoms. The molecule has 0 aromatic heterocycles. The van der Waals surface area contributed by atoms with Gasteiger partial charge in [0.2, 0.25) is 0 Å². The molecule has 0 amide bonds. The maximum absolute atomic E-state index is 10.8. The molecule has 0 aromatic rings.